The Hall–Kier alpha value is -1.70. The highest BCUT2D eigenvalue weighted by atomic mass is 32.1. The van der Waals surface area contributed by atoms with E-state index >= 15 is 0 Å². The largest absolute Gasteiger partial charge is 0.374 e. The zero-order valence-corrected chi connectivity index (χ0v) is 14.3. The molecular weight excluding hydrogens is 314 g/mol. The van der Waals surface area contributed by atoms with Crippen LogP contribution >= 0.6 is 11.3 Å². The average Bonchev–Trinajstić information content (AvgIpc) is 2.97. The average molecular weight is 339 g/mol. The van der Waals surface area contributed by atoms with Crippen LogP contribution in [-0.2, 0) is 16.0 Å². The van der Waals surface area contributed by atoms with Gasteiger partial charge in [0.2, 0.25) is 16.9 Å². The van der Waals surface area contributed by atoms with Gasteiger partial charge in [0.25, 0.3) is 0 Å². The van der Waals surface area contributed by atoms with Crippen LogP contribution in [-0.4, -0.2) is 35.1 Å². The molecule has 0 saturated heterocycles. The van der Waals surface area contributed by atoms with Crippen molar-refractivity contribution in [3.05, 3.63) is 5.01 Å². The molecule has 128 valence electrons. The van der Waals surface area contributed by atoms with E-state index in [1.165, 1.54) is 11.3 Å². The van der Waals surface area contributed by atoms with E-state index in [1.54, 1.807) is 0 Å². The summed E-state index contributed by atoms with van der Waals surface area (Å²) in [5.74, 6) is -0.435. The van der Waals surface area contributed by atoms with Gasteiger partial charge in [-0.3, -0.25) is 9.59 Å². The van der Waals surface area contributed by atoms with E-state index in [0.717, 1.165) is 37.1 Å². The van der Waals surface area contributed by atoms with Gasteiger partial charge in [0.15, 0.2) is 0 Å². The van der Waals surface area contributed by atoms with E-state index in [0.29, 0.717) is 24.6 Å². The number of nitrogen functional groups attached to an aromatic ring is 1. The number of hydrogen-bond donors (Lipinski definition) is 3. The van der Waals surface area contributed by atoms with Gasteiger partial charge in [-0.25, -0.2) is 0 Å². The molecule has 1 saturated carbocycles. The van der Waals surface area contributed by atoms with Crippen LogP contribution in [0.5, 0.6) is 0 Å². The van der Waals surface area contributed by atoms with Crippen LogP contribution < -0.4 is 16.4 Å². The molecule has 0 spiro atoms. The van der Waals surface area contributed by atoms with Crippen molar-refractivity contribution in [2.24, 2.45) is 11.8 Å². The first-order valence-electron chi connectivity index (χ1n) is 8.25. The fourth-order valence-electron chi connectivity index (χ4n) is 2.93. The van der Waals surface area contributed by atoms with Gasteiger partial charge < -0.3 is 16.4 Å². The number of nitrogens with one attached hydrogen (secondary N) is 2. The summed E-state index contributed by atoms with van der Waals surface area (Å²) in [7, 11) is 0. The van der Waals surface area contributed by atoms with Gasteiger partial charge in [0.1, 0.15) is 5.01 Å². The van der Waals surface area contributed by atoms with Crippen molar-refractivity contribution in [1.29, 1.82) is 0 Å². The molecule has 2 unspecified atom stereocenters. The Balaban J connectivity index is 1.83. The van der Waals surface area contributed by atoms with E-state index in [-0.39, 0.29) is 23.7 Å². The van der Waals surface area contributed by atoms with E-state index in [9.17, 15) is 9.59 Å². The van der Waals surface area contributed by atoms with Gasteiger partial charge >= 0.3 is 0 Å². The zero-order valence-electron chi connectivity index (χ0n) is 13.5. The predicted molar refractivity (Wildman–Crippen MR) is 89.8 cm³/mol. The second-order valence-electron chi connectivity index (χ2n) is 5.86. The summed E-state index contributed by atoms with van der Waals surface area (Å²) in [6, 6.07) is 0. The summed E-state index contributed by atoms with van der Waals surface area (Å²) in [6.07, 6.45) is 5.10. The minimum absolute atomic E-state index is 0.0172. The first-order valence-corrected chi connectivity index (χ1v) is 9.06. The summed E-state index contributed by atoms with van der Waals surface area (Å²) < 4.78 is 0. The molecule has 0 aliphatic heterocycles. The molecule has 0 radical (unpaired) electrons. The van der Waals surface area contributed by atoms with E-state index in [4.69, 9.17) is 5.73 Å². The summed E-state index contributed by atoms with van der Waals surface area (Å²) in [5.41, 5.74) is 5.53. The number of nitrogens with two attached hydrogens (primary N) is 1. The van der Waals surface area contributed by atoms with Gasteiger partial charge in [-0.2, -0.15) is 0 Å². The third-order valence-corrected chi connectivity index (χ3v) is 4.92. The molecule has 2 amide bonds. The van der Waals surface area contributed by atoms with Gasteiger partial charge in [0.05, 0.1) is 0 Å². The third-order valence-electron chi connectivity index (χ3n) is 4.11. The van der Waals surface area contributed by atoms with Crippen LogP contribution in [0.4, 0.5) is 5.13 Å². The van der Waals surface area contributed by atoms with Crippen molar-refractivity contribution in [2.75, 3.05) is 18.8 Å². The Morgan fingerprint density at radius 3 is 2.26 bits per heavy atom. The zero-order chi connectivity index (χ0) is 16.7. The third kappa shape index (κ3) is 5.16. The Kier molecular flexibility index (Phi) is 6.76. The number of anilines is 1. The van der Waals surface area contributed by atoms with Crippen LogP contribution in [0.1, 0.15) is 44.0 Å². The van der Waals surface area contributed by atoms with Crippen LogP contribution in [0.15, 0.2) is 0 Å². The summed E-state index contributed by atoms with van der Waals surface area (Å²) >= 11 is 1.33. The minimum Gasteiger partial charge on any atom is -0.374 e. The first-order chi connectivity index (χ1) is 11.1. The molecule has 1 heterocycles. The van der Waals surface area contributed by atoms with E-state index in [1.807, 2.05) is 6.92 Å². The lowest BCUT2D eigenvalue weighted by molar-refractivity contribution is -0.136. The van der Waals surface area contributed by atoms with Crippen molar-refractivity contribution in [3.63, 3.8) is 0 Å². The maximum atomic E-state index is 12.4. The second-order valence-corrected chi connectivity index (χ2v) is 6.96. The summed E-state index contributed by atoms with van der Waals surface area (Å²) in [6.45, 7) is 3.18. The number of hydrogen-bond acceptors (Lipinski definition) is 6. The lowest BCUT2D eigenvalue weighted by Crippen LogP contribution is -2.44. The highest BCUT2D eigenvalue weighted by Crippen LogP contribution is 2.30. The SMILES string of the molecule is CCCNC(=O)C1CCCCC1C(=O)NCCc1nnc(N)s1. The Bertz CT molecular complexity index is 534. The minimum atomic E-state index is -0.222. The van der Waals surface area contributed by atoms with Crippen LogP contribution in [0.25, 0.3) is 0 Å². The Morgan fingerprint density at radius 1 is 1.13 bits per heavy atom. The Labute approximate surface area is 140 Å². The van der Waals surface area contributed by atoms with Crippen molar-refractivity contribution < 1.29 is 9.59 Å². The lowest BCUT2D eigenvalue weighted by Gasteiger charge is -2.29. The number of aromatic nitrogens is 2. The molecule has 8 heteroatoms. The van der Waals surface area contributed by atoms with Crippen molar-refractivity contribution in [3.8, 4) is 0 Å². The molecule has 23 heavy (non-hydrogen) atoms. The first kappa shape index (κ1) is 17.7. The maximum absolute atomic E-state index is 12.4. The van der Waals surface area contributed by atoms with Crippen molar-refractivity contribution in [2.45, 2.75) is 45.4 Å². The topological polar surface area (TPSA) is 110 Å². The Morgan fingerprint density at radius 2 is 1.74 bits per heavy atom. The van der Waals surface area contributed by atoms with Gasteiger partial charge in [0, 0.05) is 31.3 Å². The van der Waals surface area contributed by atoms with Crippen LogP contribution in [0.2, 0.25) is 0 Å². The molecule has 2 rings (SSSR count). The molecule has 1 fully saturated rings. The standard InChI is InChI=1S/C15H25N5O2S/c1-2-8-17-13(21)10-5-3-4-6-11(10)14(22)18-9-7-12-19-20-15(16)23-12/h10-11H,2-9H2,1H3,(H2,16,20)(H,17,21)(H,18,22). The fraction of sp³-hybridized carbons (Fsp3) is 0.733. The molecule has 2 atom stereocenters. The highest BCUT2D eigenvalue weighted by Gasteiger charge is 2.35. The van der Waals surface area contributed by atoms with Crippen molar-refractivity contribution >= 4 is 28.3 Å². The number of carbonyl (C=O) groups is 2. The normalized spacial score (nSPS) is 20.9. The van der Waals surface area contributed by atoms with Crippen LogP contribution in [0.3, 0.4) is 0 Å². The molecule has 7 nitrogen and oxygen atoms in total. The maximum Gasteiger partial charge on any atom is 0.223 e. The van der Waals surface area contributed by atoms with Crippen molar-refractivity contribution in [1.82, 2.24) is 20.8 Å². The smallest absolute Gasteiger partial charge is 0.223 e. The second kappa shape index (κ2) is 8.81. The monoisotopic (exact) mass is 339 g/mol. The molecule has 1 aliphatic carbocycles. The van der Waals surface area contributed by atoms with E-state index in [2.05, 4.69) is 20.8 Å². The number of rotatable bonds is 7. The molecule has 4 N–H and O–H groups in total. The molecule has 1 aliphatic rings. The predicted octanol–water partition coefficient (Wildman–Crippen LogP) is 1.11. The van der Waals surface area contributed by atoms with Gasteiger partial charge in [-0.15, -0.1) is 10.2 Å². The molecule has 1 aromatic heterocycles. The molecule has 0 bridgehead atoms. The molecular formula is C15H25N5O2S. The quantitative estimate of drug-likeness (QED) is 0.689. The highest BCUT2D eigenvalue weighted by molar-refractivity contribution is 7.15. The van der Waals surface area contributed by atoms with E-state index < -0.39 is 0 Å². The fourth-order valence-corrected chi connectivity index (χ4v) is 3.54. The lowest BCUT2D eigenvalue weighted by atomic mass is 9.78. The van der Waals surface area contributed by atoms with Gasteiger partial charge in [-0.05, 0) is 19.3 Å². The molecule has 1 aromatic rings. The summed E-state index contributed by atoms with van der Waals surface area (Å²) in [4.78, 5) is 24.7. The van der Waals surface area contributed by atoms with Gasteiger partial charge in [-0.1, -0.05) is 31.1 Å². The number of amides is 2. The molecule has 0 aromatic carbocycles. The summed E-state index contributed by atoms with van der Waals surface area (Å²) in [5, 5.41) is 14.8. The number of nitrogens with zero attached hydrogens (tertiary/aromatic N) is 2. The van der Waals surface area contributed by atoms with Crippen LogP contribution in [0, 0.1) is 11.8 Å². The number of carbonyl (C=O) groups excluding carboxylic acids is 2.